The summed E-state index contributed by atoms with van der Waals surface area (Å²) in [4.78, 5) is 18.6. The Labute approximate surface area is 156 Å². The highest BCUT2D eigenvalue weighted by molar-refractivity contribution is 7.98. The maximum absolute atomic E-state index is 12.4. The number of hydrogen-bond acceptors (Lipinski definition) is 5. The second kappa shape index (κ2) is 7.85. The molecule has 130 valence electrons. The van der Waals surface area contributed by atoms with Gasteiger partial charge in [0.2, 0.25) is 0 Å². The molecule has 0 fully saturated rings. The molecule has 0 aliphatic heterocycles. The number of allylic oxidation sites excluding steroid dienone is 1. The van der Waals surface area contributed by atoms with Gasteiger partial charge in [-0.1, -0.05) is 23.7 Å². The Kier molecular flexibility index (Phi) is 5.56. The van der Waals surface area contributed by atoms with E-state index in [4.69, 9.17) is 21.2 Å². The molecule has 0 atom stereocenters. The first-order valence-electron chi connectivity index (χ1n) is 7.80. The van der Waals surface area contributed by atoms with E-state index in [2.05, 4.69) is 5.48 Å². The number of ether oxygens (including phenoxy) is 1. The Morgan fingerprint density at radius 1 is 1.24 bits per heavy atom. The van der Waals surface area contributed by atoms with Crippen LogP contribution in [0.15, 0.2) is 47.4 Å². The summed E-state index contributed by atoms with van der Waals surface area (Å²) in [5, 5.41) is 0.365. The third-order valence-electron chi connectivity index (χ3n) is 4.02. The van der Waals surface area contributed by atoms with Crippen molar-refractivity contribution in [2.45, 2.75) is 17.7 Å². The summed E-state index contributed by atoms with van der Waals surface area (Å²) in [5.74, 6) is 0.243. The van der Waals surface area contributed by atoms with E-state index in [1.165, 1.54) is 17.3 Å². The molecule has 0 spiro atoms. The zero-order valence-corrected chi connectivity index (χ0v) is 15.5. The van der Waals surface area contributed by atoms with E-state index < -0.39 is 5.97 Å². The van der Waals surface area contributed by atoms with Crippen molar-refractivity contribution in [1.82, 2.24) is 5.48 Å². The van der Waals surface area contributed by atoms with E-state index in [-0.39, 0.29) is 0 Å². The van der Waals surface area contributed by atoms with Crippen LogP contribution in [0.25, 0.3) is 5.70 Å². The number of rotatable bonds is 5. The molecule has 1 N–H and O–H groups in total. The highest BCUT2D eigenvalue weighted by atomic mass is 35.5. The predicted octanol–water partition coefficient (Wildman–Crippen LogP) is 4.72. The fourth-order valence-electron chi connectivity index (χ4n) is 2.67. The quantitative estimate of drug-likeness (QED) is 0.605. The highest BCUT2D eigenvalue weighted by Crippen LogP contribution is 2.29. The minimum atomic E-state index is -0.517. The first-order chi connectivity index (χ1) is 12.1. The minimum absolute atomic E-state index is 0.336. The monoisotopic (exact) mass is 375 g/mol. The molecule has 25 heavy (non-hydrogen) atoms. The molecule has 1 aliphatic rings. The number of hydrogen-bond donors (Lipinski definition) is 1. The Balaban J connectivity index is 1.76. The second-order valence-electron chi connectivity index (χ2n) is 5.52. The van der Waals surface area contributed by atoms with Crippen molar-refractivity contribution in [3.8, 4) is 5.75 Å². The number of fused-ring (bicyclic) bond motifs is 1. The van der Waals surface area contributed by atoms with Gasteiger partial charge in [-0.15, -0.1) is 11.8 Å². The van der Waals surface area contributed by atoms with Gasteiger partial charge in [0.1, 0.15) is 5.75 Å². The van der Waals surface area contributed by atoms with Crippen LogP contribution in [0.2, 0.25) is 5.02 Å². The fraction of sp³-hybridized carbons (Fsp3) is 0.211. The molecular formula is C19H18ClNO3S. The van der Waals surface area contributed by atoms with E-state index in [0.717, 1.165) is 34.7 Å². The molecule has 4 nitrogen and oxygen atoms in total. The lowest BCUT2D eigenvalue weighted by Gasteiger charge is -2.19. The molecule has 2 aromatic carbocycles. The van der Waals surface area contributed by atoms with Gasteiger partial charge in [0.15, 0.2) is 0 Å². The van der Waals surface area contributed by atoms with Crippen LogP contribution in [0, 0.1) is 0 Å². The first kappa shape index (κ1) is 17.7. The van der Waals surface area contributed by atoms with E-state index in [1.54, 1.807) is 19.2 Å². The zero-order valence-electron chi connectivity index (χ0n) is 14.0. The van der Waals surface area contributed by atoms with Crippen molar-refractivity contribution in [2.24, 2.45) is 0 Å². The largest absolute Gasteiger partial charge is 0.497 e. The normalized spacial score (nSPS) is 12.8. The van der Waals surface area contributed by atoms with Crippen molar-refractivity contribution in [1.29, 1.82) is 0 Å². The molecular weight excluding hydrogens is 358 g/mol. The lowest BCUT2D eigenvalue weighted by Crippen LogP contribution is -2.21. The third-order valence-corrected chi connectivity index (χ3v) is 5.07. The molecule has 2 aromatic rings. The predicted molar refractivity (Wildman–Crippen MR) is 101 cm³/mol. The Morgan fingerprint density at radius 3 is 2.84 bits per heavy atom. The topological polar surface area (TPSA) is 47.6 Å². The number of carbonyl (C=O) groups is 1. The van der Waals surface area contributed by atoms with Gasteiger partial charge >= 0.3 is 5.97 Å². The molecule has 0 aromatic heterocycles. The zero-order chi connectivity index (χ0) is 17.8. The number of thioether (sulfide) groups is 1. The van der Waals surface area contributed by atoms with E-state index >= 15 is 0 Å². The van der Waals surface area contributed by atoms with E-state index in [1.807, 2.05) is 36.6 Å². The van der Waals surface area contributed by atoms with Crippen LogP contribution in [0.1, 0.15) is 27.9 Å². The van der Waals surface area contributed by atoms with Gasteiger partial charge in [-0.25, -0.2) is 10.3 Å². The lowest BCUT2D eigenvalue weighted by atomic mass is 9.95. The van der Waals surface area contributed by atoms with Crippen molar-refractivity contribution < 1.29 is 14.4 Å². The van der Waals surface area contributed by atoms with Gasteiger partial charge in [-0.05, 0) is 55.0 Å². The summed E-state index contributed by atoms with van der Waals surface area (Å²) >= 11 is 7.66. The molecule has 6 heteroatoms. The van der Waals surface area contributed by atoms with E-state index in [9.17, 15) is 4.79 Å². The molecule has 3 rings (SSSR count). The summed E-state index contributed by atoms with van der Waals surface area (Å²) in [6.45, 7) is 0. The maximum atomic E-state index is 12.4. The summed E-state index contributed by atoms with van der Waals surface area (Å²) < 4.78 is 5.28. The van der Waals surface area contributed by atoms with E-state index in [0.29, 0.717) is 10.6 Å². The fourth-order valence-corrected chi connectivity index (χ4v) is 3.31. The average molecular weight is 376 g/mol. The maximum Gasteiger partial charge on any atom is 0.364 e. The average Bonchev–Trinajstić information content (AvgIpc) is 2.66. The second-order valence-corrected chi connectivity index (χ2v) is 6.80. The van der Waals surface area contributed by atoms with Gasteiger partial charge in [-0.2, -0.15) is 0 Å². The van der Waals surface area contributed by atoms with Crippen LogP contribution in [0.4, 0.5) is 0 Å². The van der Waals surface area contributed by atoms with Crippen LogP contribution in [-0.2, 0) is 11.3 Å². The molecule has 0 saturated heterocycles. The number of benzene rings is 2. The van der Waals surface area contributed by atoms with Gasteiger partial charge in [0.25, 0.3) is 0 Å². The number of carbonyl (C=O) groups excluding carboxylic acids is 1. The van der Waals surface area contributed by atoms with Crippen molar-refractivity contribution in [2.75, 3.05) is 13.4 Å². The van der Waals surface area contributed by atoms with Crippen LogP contribution in [-0.4, -0.2) is 19.3 Å². The van der Waals surface area contributed by atoms with Gasteiger partial charge in [0, 0.05) is 10.5 Å². The molecule has 0 unspecified atom stereocenters. The first-order valence-corrected chi connectivity index (χ1v) is 9.41. The molecule has 0 radical (unpaired) electrons. The van der Waals surface area contributed by atoms with Crippen LogP contribution >= 0.6 is 23.4 Å². The highest BCUT2D eigenvalue weighted by Gasteiger charge is 2.17. The molecule has 0 saturated carbocycles. The lowest BCUT2D eigenvalue weighted by molar-refractivity contribution is 0.0368. The third kappa shape index (κ3) is 3.94. The number of halogens is 1. The molecule has 0 bridgehead atoms. The summed E-state index contributed by atoms with van der Waals surface area (Å²) in [7, 11) is 1.63. The van der Waals surface area contributed by atoms with Crippen molar-refractivity contribution in [3.05, 3.63) is 64.2 Å². The summed E-state index contributed by atoms with van der Waals surface area (Å²) in [6, 6.07) is 11.2. The standard InChI is InChI=1S/C19H18ClNO3S/c1-23-13-7-6-12-4-3-5-18(15(12)10-13)21-24-19(22)16-11-14(25-2)8-9-17(16)20/h5-11,21H,3-4H2,1-2H3. The number of hydroxylamine groups is 1. The summed E-state index contributed by atoms with van der Waals surface area (Å²) in [5.41, 5.74) is 6.03. The van der Waals surface area contributed by atoms with Crippen LogP contribution in [0.5, 0.6) is 5.75 Å². The SMILES string of the molecule is COc1ccc2c(c1)C(NOC(=O)c1cc(SC)ccc1Cl)=CCC2. The Morgan fingerprint density at radius 2 is 2.08 bits per heavy atom. The molecule has 1 aliphatic carbocycles. The number of nitrogens with one attached hydrogen (secondary N) is 1. The van der Waals surface area contributed by atoms with Crippen molar-refractivity contribution in [3.63, 3.8) is 0 Å². The van der Waals surface area contributed by atoms with Gasteiger partial charge in [-0.3, -0.25) is 0 Å². The minimum Gasteiger partial charge on any atom is -0.497 e. The van der Waals surface area contributed by atoms with Gasteiger partial charge < -0.3 is 9.57 Å². The van der Waals surface area contributed by atoms with Crippen LogP contribution in [0.3, 0.4) is 0 Å². The van der Waals surface area contributed by atoms with Crippen LogP contribution < -0.4 is 10.2 Å². The molecule has 0 heterocycles. The number of aryl methyl sites for hydroxylation is 1. The van der Waals surface area contributed by atoms with Crippen molar-refractivity contribution >= 4 is 35.0 Å². The number of methoxy groups -OCH3 is 1. The smallest absolute Gasteiger partial charge is 0.364 e. The van der Waals surface area contributed by atoms with Gasteiger partial charge in [0.05, 0.1) is 23.4 Å². The Bertz CT molecular complexity index is 835. The molecule has 0 amide bonds. The summed E-state index contributed by atoms with van der Waals surface area (Å²) in [6.07, 6.45) is 5.77. The Hall–Kier alpha value is -2.11.